The molecule has 210 valence electrons. The summed E-state index contributed by atoms with van der Waals surface area (Å²) in [7, 11) is 0. The maximum Gasteiger partial charge on any atom is 0.326 e. The number of hydrogen-bond donors (Lipinski definition) is 2. The van der Waals surface area contributed by atoms with Crippen LogP contribution in [0, 0.1) is 6.57 Å². The maximum atomic E-state index is 15.1. The standard InChI is InChI=1S/C31H27ClF2N4O3/c1-17-5-4-12-38(17)20-15-25(33)28(26(34)16-20)30(39)37-27(31(40)41)13-18-7-9-23(29-21(18)6-3-11-36-29)22-10-8-19(35-2)14-24(22)32/h3,6-11,14-15,17,26-27H,4-5,12-13,16H2,1H3,(H,37,39)(H,40,41)/t17-,26?,27-/m0/s1. The molecule has 2 heterocycles. The van der Waals surface area contributed by atoms with Crippen molar-refractivity contribution in [3.05, 3.63) is 93.8 Å². The minimum absolute atomic E-state index is 0.143. The number of allylic oxidation sites excluding steroid dienone is 3. The Kier molecular flexibility index (Phi) is 8.04. The lowest BCUT2D eigenvalue weighted by Gasteiger charge is -2.30. The maximum absolute atomic E-state index is 15.1. The van der Waals surface area contributed by atoms with Crippen molar-refractivity contribution in [2.45, 2.75) is 50.9 Å². The number of benzene rings is 2. The minimum atomic E-state index is -1.89. The molecule has 0 bridgehead atoms. The molecule has 3 atom stereocenters. The summed E-state index contributed by atoms with van der Waals surface area (Å²) in [5, 5.41) is 13.3. The summed E-state index contributed by atoms with van der Waals surface area (Å²) in [6, 6.07) is 10.6. The average Bonchev–Trinajstić information content (AvgIpc) is 3.38. The second kappa shape index (κ2) is 11.7. The fraction of sp³-hybridized carbons (Fsp3) is 0.290. The zero-order chi connectivity index (χ0) is 29.3. The molecule has 3 aromatic rings. The predicted octanol–water partition coefficient (Wildman–Crippen LogP) is 6.55. The van der Waals surface area contributed by atoms with Gasteiger partial charge in [0.05, 0.1) is 17.7 Å². The zero-order valence-corrected chi connectivity index (χ0v) is 23.0. The third kappa shape index (κ3) is 5.66. The number of carbonyl (C=O) groups excluding carboxylic acids is 1. The van der Waals surface area contributed by atoms with Gasteiger partial charge in [0, 0.05) is 53.3 Å². The number of carboxylic acid groups (broad SMARTS) is 1. The molecule has 0 radical (unpaired) electrons. The van der Waals surface area contributed by atoms with Crippen molar-refractivity contribution in [2.75, 3.05) is 6.54 Å². The number of aromatic nitrogens is 1. The molecule has 1 fully saturated rings. The number of likely N-dealkylation sites (tertiary alicyclic amines) is 1. The minimum Gasteiger partial charge on any atom is -0.480 e. The van der Waals surface area contributed by atoms with Crippen LogP contribution in [0.4, 0.5) is 14.5 Å². The first-order valence-electron chi connectivity index (χ1n) is 13.3. The molecule has 0 saturated carbocycles. The Morgan fingerprint density at radius 1 is 1.27 bits per heavy atom. The molecule has 2 aliphatic rings. The summed E-state index contributed by atoms with van der Waals surface area (Å²) in [4.78, 5) is 35.0. The van der Waals surface area contributed by atoms with Gasteiger partial charge in [-0.25, -0.2) is 18.4 Å². The van der Waals surface area contributed by atoms with Crippen molar-refractivity contribution in [1.82, 2.24) is 15.2 Å². The lowest BCUT2D eigenvalue weighted by molar-refractivity contribution is -0.141. The van der Waals surface area contributed by atoms with E-state index in [9.17, 15) is 14.7 Å². The first kappa shape index (κ1) is 28.2. The summed E-state index contributed by atoms with van der Waals surface area (Å²) < 4.78 is 30.2. The van der Waals surface area contributed by atoms with Gasteiger partial charge in [0.15, 0.2) is 5.69 Å². The molecule has 2 aromatic carbocycles. The van der Waals surface area contributed by atoms with E-state index in [2.05, 4.69) is 15.1 Å². The Hall–Kier alpha value is -4.29. The highest BCUT2D eigenvalue weighted by atomic mass is 35.5. The van der Waals surface area contributed by atoms with Crippen LogP contribution < -0.4 is 5.32 Å². The molecular formula is C31H27ClF2N4O3. The number of aliphatic carboxylic acids is 1. The molecule has 10 heteroatoms. The van der Waals surface area contributed by atoms with Gasteiger partial charge in [-0.15, -0.1) is 0 Å². The van der Waals surface area contributed by atoms with Crippen molar-refractivity contribution in [2.24, 2.45) is 0 Å². The van der Waals surface area contributed by atoms with Gasteiger partial charge in [0.25, 0.3) is 5.91 Å². The van der Waals surface area contributed by atoms with E-state index in [0.717, 1.165) is 12.8 Å². The van der Waals surface area contributed by atoms with E-state index in [4.69, 9.17) is 18.2 Å². The van der Waals surface area contributed by atoms with E-state index in [1.54, 1.807) is 48.7 Å². The van der Waals surface area contributed by atoms with E-state index in [1.165, 1.54) is 6.08 Å². The molecule has 0 spiro atoms. The Balaban J connectivity index is 1.42. The lowest BCUT2D eigenvalue weighted by atomic mass is 9.94. The molecule has 41 heavy (non-hydrogen) atoms. The Morgan fingerprint density at radius 2 is 2.05 bits per heavy atom. The Labute approximate surface area is 241 Å². The summed E-state index contributed by atoms with van der Waals surface area (Å²) in [6.45, 7) is 9.89. The fourth-order valence-electron chi connectivity index (χ4n) is 5.60. The average molecular weight is 577 g/mol. The van der Waals surface area contributed by atoms with Crippen molar-refractivity contribution in [1.29, 1.82) is 0 Å². The zero-order valence-electron chi connectivity index (χ0n) is 22.2. The number of carbonyl (C=O) groups is 2. The third-order valence-electron chi connectivity index (χ3n) is 7.68. The number of pyridine rings is 1. The van der Waals surface area contributed by atoms with E-state index >= 15 is 8.78 Å². The van der Waals surface area contributed by atoms with Gasteiger partial charge in [-0.05, 0) is 49.1 Å². The largest absolute Gasteiger partial charge is 0.480 e. The van der Waals surface area contributed by atoms with Crippen molar-refractivity contribution < 1.29 is 23.5 Å². The summed E-state index contributed by atoms with van der Waals surface area (Å²) in [6.07, 6.45) is 2.47. The number of fused-ring (bicyclic) bond motifs is 1. The molecular weight excluding hydrogens is 550 g/mol. The summed E-state index contributed by atoms with van der Waals surface area (Å²) in [5.74, 6) is -3.41. The quantitative estimate of drug-likeness (QED) is 0.311. The second-order valence-electron chi connectivity index (χ2n) is 10.3. The van der Waals surface area contributed by atoms with Crippen molar-refractivity contribution in [3.8, 4) is 11.1 Å². The van der Waals surface area contributed by atoms with E-state index in [-0.39, 0.29) is 18.9 Å². The summed E-state index contributed by atoms with van der Waals surface area (Å²) >= 11 is 6.45. The van der Waals surface area contributed by atoms with Gasteiger partial charge in [0.1, 0.15) is 18.0 Å². The number of alkyl halides is 1. The van der Waals surface area contributed by atoms with Gasteiger partial charge in [-0.3, -0.25) is 9.78 Å². The van der Waals surface area contributed by atoms with Gasteiger partial charge in [0.2, 0.25) is 0 Å². The number of nitrogens with zero attached hydrogens (tertiary/aromatic N) is 3. The number of hydrogen-bond acceptors (Lipinski definition) is 4. The molecule has 1 amide bonds. The van der Waals surface area contributed by atoms with Crippen LogP contribution in [0.2, 0.25) is 5.02 Å². The van der Waals surface area contributed by atoms with Gasteiger partial charge < -0.3 is 15.3 Å². The number of nitrogens with one attached hydrogen (secondary N) is 1. The number of halogens is 3. The normalized spacial score (nSPS) is 19.6. The van der Waals surface area contributed by atoms with Gasteiger partial charge in [-0.2, -0.15) is 0 Å². The van der Waals surface area contributed by atoms with Crippen LogP contribution in [0.1, 0.15) is 31.7 Å². The highest BCUT2D eigenvalue weighted by molar-refractivity contribution is 6.34. The highest BCUT2D eigenvalue weighted by Gasteiger charge is 2.35. The molecule has 1 unspecified atom stereocenters. The third-order valence-corrected chi connectivity index (χ3v) is 7.99. The summed E-state index contributed by atoms with van der Waals surface area (Å²) in [5.41, 5.74) is 2.67. The van der Waals surface area contributed by atoms with Crippen LogP contribution in [0.3, 0.4) is 0 Å². The molecule has 2 N–H and O–H groups in total. The monoisotopic (exact) mass is 576 g/mol. The molecule has 1 aliphatic carbocycles. The van der Waals surface area contributed by atoms with Crippen LogP contribution in [0.25, 0.3) is 26.9 Å². The van der Waals surface area contributed by atoms with E-state index in [1.807, 2.05) is 11.8 Å². The van der Waals surface area contributed by atoms with Crippen LogP contribution in [0.5, 0.6) is 0 Å². The molecule has 1 aromatic heterocycles. The fourth-order valence-corrected chi connectivity index (χ4v) is 5.88. The molecule has 1 aliphatic heterocycles. The first-order valence-corrected chi connectivity index (χ1v) is 13.6. The van der Waals surface area contributed by atoms with Crippen LogP contribution in [-0.4, -0.2) is 51.7 Å². The Bertz CT molecular complexity index is 1650. The van der Waals surface area contributed by atoms with E-state index < -0.39 is 35.5 Å². The number of amides is 1. The van der Waals surface area contributed by atoms with Crippen molar-refractivity contribution >= 4 is 40.1 Å². The number of carboxylic acids is 1. The predicted molar refractivity (Wildman–Crippen MR) is 153 cm³/mol. The Morgan fingerprint density at radius 3 is 2.71 bits per heavy atom. The first-order chi connectivity index (χ1) is 19.7. The van der Waals surface area contributed by atoms with Gasteiger partial charge >= 0.3 is 5.97 Å². The second-order valence-corrected chi connectivity index (χ2v) is 10.7. The van der Waals surface area contributed by atoms with E-state index in [0.29, 0.717) is 50.5 Å². The highest BCUT2D eigenvalue weighted by Crippen LogP contribution is 2.37. The SMILES string of the molecule is [C-]#[N+]c1ccc(-c2ccc(C[C@H](NC(=O)C3=C(F)C=C(N4CCC[C@@H]4C)CC3F)C(=O)O)c3cccnc23)c(Cl)c1. The topological polar surface area (TPSA) is 86.9 Å². The van der Waals surface area contributed by atoms with Gasteiger partial charge in [-0.1, -0.05) is 41.9 Å². The van der Waals surface area contributed by atoms with Crippen molar-refractivity contribution in [3.63, 3.8) is 0 Å². The molecule has 5 rings (SSSR count). The number of rotatable bonds is 7. The smallest absolute Gasteiger partial charge is 0.326 e. The van der Waals surface area contributed by atoms with Crippen LogP contribution in [0.15, 0.2) is 71.8 Å². The molecule has 1 saturated heterocycles. The van der Waals surface area contributed by atoms with Crippen LogP contribution >= 0.6 is 11.6 Å². The van der Waals surface area contributed by atoms with Crippen LogP contribution in [-0.2, 0) is 16.0 Å². The molecule has 7 nitrogen and oxygen atoms in total. The lowest BCUT2D eigenvalue weighted by Crippen LogP contribution is -2.45.